The molecule has 5 heteroatoms. The molecule has 25 heavy (non-hydrogen) atoms. The van der Waals surface area contributed by atoms with Crippen molar-refractivity contribution in [2.24, 2.45) is 0 Å². The Morgan fingerprint density at radius 2 is 1.80 bits per heavy atom. The maximum atomic E-state index is 4.42. The standard InChI is InChI=1S/C20H17IN4/c1-14-6-4-9-17(12-14)22-20(15-7-5-8-16(21)13-15)25-19-11-3-2-10-18(19)23-24-25/h2-13,20,22H,1H3/t20-/m1/s1. The third-order valence-corrected chi connectivity index (χ3v) is 4.78. The smallest absolute Gasteiger partial charge is 0.149 e. The summed E-state index contributed by atoms with van der Waals surface area (Å²) in [5.74, 6) is 0. The van der Waals surface area contributed by atoms with Gasteiger partial charge in [0.1, 0.15) is 11.7 Å². The number of fused-ring (bicyclic) bond motifs is 1. The first kappa shape index (κ1) is 16.1. The lowest BCUT2D eigenvalue weighted by atomic mass is 10.1. The molecule has 0 radical (unpaired) electrons. The first-order chi connectivity index (χ1) is 12.2. The number of hydrogen-bond acceptors (Lipinski definition) is 3. The van der Waals surface area contributed by atoms with E-state index in [9.17, 15) is 0 Å². The SMILES string of the molecule is Cc1cccc(N[C@@H](c2cccc(I)c2)n2nnc3ccccc32)c1. The summed E-state index contributed by atoms with van der Waals surface area (Å²) >= 11 is 2.34. The molecule has 1 aromatic heterocycles. The second kappa shape index (κ2) is 6.84. The summed E-state index contributed by atoms with van der Waals surface area (Å²) in [4.78, 5) is 0. The molecule has 4 nitrogen and oxygen atoms in total. The van der Waals surface area contributed by atoms with Gasteiger partial charge in [0.15, 0.2) is 0 Å². The molecule has 1 atom stereocenters. The van der Waals surface area contributed by atoms with Crippen LogP contribution in [-0.4, -0.2) is 15.0 Å². The normalized spacial score (nSPS) is 12.2. The van der Waals surface area contributed by atoms with Gasteiger partial charge in [-0.3, -0.25) is 0 Å². The molecule has 0 spiro atoms. The molecular weight excluding hydrogens is 423 g/mol. The molecule has 0 aliphatic carbocycles. The fourth-order valence-corrected chi connectivity index (χ4v) is 3.50. The molecule has 124 valence electrons. The third-order valence-electron chi connectivity index (χ3n) is 4.11. The van der Waals surface area contributed by atoms with Crippen molar-refractivity contribution < 1.29 is 0 Å². The van der Waals surface area contributed by atoms with Gasteiger partial charge in [0.25, 0.3) is 0 Å². The molecule has 0 amide bonds. The van der Waals surface area contributed by atoms with Crippen LogP contribution in [0.5, 0.6) is 0 Å². The summed E-state index contributed by atoms with van der Waals surface area (Å²) in [5.41, 5.74) is 5.32. The van der Waals surface area contributed by atoms with Crippen LogP contribution in [-0.2, 0) is 0 Å². The molecule has 1 heterocycles. The summed E-state index contributed by atoms with van der Waals surface area (Å²) in [6.07, 6.45) is -0.135. The third kappa shape index (κ3) is 3.37. The van der Waals surface area contributed by atoms with Crippen molar-refractivity contribution in [1.29, 1.82) is 0 Å². The van der Waals surface area contributed by atoms with Gasteiger partial charge in [0.2, 0.25) is 0 Å². The van der Waals surface area contributed by atoms with E-state index in [-0.39, 0.29) is 6.17 Å². The maximum absolute atomic E-state index is 4.42. The average Bonchev–Trinajstić information content (AvgIpc) is 3.04. The van der Waals surface area contributed by atoms with Crippen LogP contribution >= 0.6 is 22.6 Å². The summed E-state index contributed by atoms with van der Waals surface area (Å²) in [5, 5.41) is 12.4. The van der Waals surface area contributed by atoms with Gasteiger partial charge in [0, 0.05) is 9.26 Å². The van der Waals surface area contributed by atoms with E-state index in [1.54, 1.807) is 0 Å². The van der Waals surface area contributed by atoms with Gasteiger partial charge < -0.3 is 5.32 Å². The highest BCUT2D eigenvalue weighted by atomic mass is 127. The van der Waals surface area contributed by atoms with Crippen LogP contribution < -0.4 is 5.32 Å². The first-order valence-electron chi connectivity index (χ1n) is 8.09. The molecule has 0 saturated heterocycles. The van der Waals surface area contributed by atoms with Crippen molar-refractivity contribution in [3.8, 4) is 0 Å². The Labute approximate surface area is 160 Å². The van der Waals surface area contributed by atoms with Gasteiger partial charge in [-0.15, -0.1) is 5.10 Å². The largest absolute Gasteiger partial charge is 0.360 e. The number of anilines is 1. The minimum absolute atomic E-state index is 0.135. The first-order valence-corrected chi connectivity index (χ1v) is 9.17. The van der Waals surface area contributed by atoms with Crippen LogP contribution in [0, 0.1) is 10.5 Å². The van der Waals surface area contributed by atoms with Crippen LogP contribution in [0.15, 0.2) is 72.8 Å². The van der Waals surface area contributed by atoms with Gasteiger partial charge in [-0.2, -0.15) is 0 Å². The Hall–Kier alpha value is -2.41. The average molecular weight is 440 g/mol. The number of benzene rings is 3. The van der Waals surface area contributed by atoms with E-state index in [0.29, 0.717) is 0 Å². The molecule has 0 fully saturated rings. The minimum atomic E-state index is -0.135. The van der Waals surface area contributed by atoms with E-state index in [2.05, 4.69) is 93.7 Å². The second-order valence-electron chi connectivity index (χ2n) is 5.99. The zero-order chi connectivity index (χ0) is 17.2. The van der Waals surface area contributed by atoms with E-state index in [1.165, 1.54) is 9.13 Å². The fourth-order valence-electron chi connectivity index (χ4n) is 2.93. The lowest BCUT2D eigenvalue weighted by molar-refractivity contribution is 0.571. The molecule has 0 saturated carbocycles. The minimum Gasteiger partial charge on any atom is -0.360 e. The second-order valence-corrected chi connectivity index (χ2v) is 7.24. The monoisotopic (exact) mass is 440 g/mol. The predicted molar refractivity (Wildman–Crippen MR) is 110 cm³/mol. The highest BCUT2D eigenvalue weighted by molar-refractivity contribution is 14.1. The molecule has 0 bridgehead atoms. The van der Waals surface area contributed by atoms with Crippen molar-refractivity contribution in [2.75, 3.05) is 5.32 Å². The van der Waals surface area contributed by atoms with Crippen molar-refractivity contribution >= 4 is 39.3 Å². The van der Waals surface area contributed by atoms with Crippen LogP contribution in [0.1, 0.15) is 17.3 Å². The van der Waals surface area contributed by atoms with Crippen LogP contribution in [0.25, 0.3) is 11.0 Å². The zero-order valence-electron chi connectivity index (χ0n) is 13.7. The molecule has 0 aliphatic heterocycles. The summed E-state index contributed by atoms with van der Waals surface area (Å²) < 4.78 is 3.14. The molecule has 1 N–H and O–H groups in total. The molecular formula is C20H17IN4. The van der Waals surface area contributed by atoms with Gasteiger partial charge in [-0.25, -0.2) is 4.68 Å². The number of halogens is 1. The molecule has 4 rings (SSSR count). The van der Waals surface area contributed by atoms with E-state index >= 15 is 0 Å². The van der Waals surface area contributed by atoms with Crippen molar-refractivity contribution in [2.45, 2.75) is 13.1 Å². The summed E-state index contributed by atoms with van der Waals surface area (Å²) in [7, 11) is 0. The molecule has 0 aliphatic rings. The highest BCUT2D eigenvalue weighted by Gasteiger charge is 2.18. The Bertz CT molecular complexity index is 1020. The van der Waals surface area contributed by atoms with Crippen molar-refractivity contribution in [3.05, 3.63) is 87.5 Å². The molecule has 3 aromatic carbocycles. The van der Waals surface area contributed by atoms with Crippen LogP contribution in [0.3, 0.4) is 0 Å². The van der Waals surface area contributed by atoms with E-state index in [4.69, 9.17) is 0 Å². The highest BCUT2D eigenvalue weighted by Crippen LogP contribution is 2.26. The number of aromatic nitrogens is 3. The zero-order valence-corrected chi connectivity index (χ0v) is 15.9. The van der Waals surface area contributed by atoms with E-state index < -0.39 is 0 Å². The summed E-state index contributed by atoms with van der Waals surface area (Å²) in [6, 6.07) is 24.8. The van der Waals surface area contributed by atoms with Gasteiger partial charge in [-0.05, 0) is 77.0 Å². The van der Waals surface area contributed by atoms with Gasteiger partial charge in [0.05, 0.1) is 5.52 Å². The Balaban J connectivity index is 1.83. The van der Waals surface area contributed by atoms with Crippen LogP contribution in [0.4, 0.5) is 5.69 Å². The quantitative estimate of drug-likeness (QED) is 0.454. The Kier molecular flexibility index (Phi) is 4.40. The maximum Gasteiger partial charge on any atom is 0.149 e. The number of para-hydroxylation sites is 1. The van der Waals surface area contributed by atoms with Crippen LogP contribution in [0.2, 0.25) is 0 Å². The number of aryl methyl sites for hydroxylation is 1. The number of rotatable bonds is 4. The topological polar surface area (TPSA) is 42.7 Å². The number of nitrogens with one attached hydrogen (secondary N) is 1. The van der Waals surface area contributed by atoms with Gasteiger partial charge in [-0.1, -0.05) is 41.6 Å². The summed E-state index contributed by atoms with van der Waals surface area (Å²) in [6.45, 7) is 2.09. The Morgan fingerprint density at radius 1 is 0.960 bits per heavy atom. The molecule has 4 aromatic rings. The Morgan fingerprint density at radius 3 is 2.64 bits per heavy atom. The van der Waals surface area contributed by atoms with E-state index in [1.807, 2.05) is 28.9 Å². The lowest BCUT2D eigenvalue weighted by Gasteiger charge is -2.21. The van der Waals surface area contributed by atoms with E-state index in [0.717, 1.165) is 22.3 Å². The van der Waals surface area contributed by atoms with Crippen molar-refractivity contribution in [1.82, 2.24) is 15.0 Å². The van der Waals surface area contributed by atoms with Crippen molar-refractivity contribution in [3.63, 3.8) is 0 Å². The fraction of sp³-hybridized carbons (Fsp3) is 0.100. The molecule has 0 unspecified atom stereocenters. The number of nitrogens with zero attached hydrogens (tertiary/aromatic N) is 3. The predicted octanol–water partition coefficient (Wildman–Crippen LogP) is 5.00. The number of hydrogen-bond donors (Lipinski definition) is 1. The lowest BCUT2D eigenvalue weighted by Crippen LogP contribution is -2.21. The van der Waals surface area contributed by atoms with Gasteiger partial charge >= 0.3 is 0 Å².